The molecule has 0 aliphatic carbocycles. The molecule has 0 aliphatic rings. The lowest BCUT2D eigenvalue weighted by Gasteiger charge is -2.15. The van der Waals surface area contributed by atoms with Gasteiger partial charge in [-0.05, 0) is 26.0 Å². The van der Waals surface area contributed by atoms with E-state index < -0.39 is 26.1 Å². The third-order valence-electron chi connectivity index (χ3n) is 2.11. The monoisotopic (exact) mass is 258 g/mol. The minimum absolute atomic E-state index is 0.168. The van der Waals surface area contributed by atoms with E-state index in [0.717, 1.165) is 0 Å². The van der Waals surface area contributed by atoms with E-state index in [1.54, 1.807) is 32.0 Å². The van der Waals surface area contributed by atoms with Crippen LogP contribution in [0, 0.1) is 0 Å². The van der Waals surface area contributed by atoms with Gasteiger partial charge in [-0.1, -0.05) is 18.2 Å². The van der Waals surface area contributed by atoms with Crippen molar-refractivity contribution in [2.45, 2.75) is 23.5 Å². The lowest BCUT2D eigenvalue weighted by molar-refractivity contribution is -0.118. The molecule has 16 heavy (non-hydrogen) atoms. The summed E-state index contributed by atoms with van der Waals surface area (Å²) in [6.07, 6.45) is 0. The highest BCUT2D eigenvalue weighted by Gasteiger charge is 2.28. The lowest BCUT2D eigenvalue weighted by Crippen LogP contribution is -2.31. The predicted molar refractivity (Wildman–Crippen MR) is 66.6 cm³/mol. The first-order chi connectivity index (χ1) is 7.23. The smallest absolute Gasteiger partial charge is 0.185 e. The Balaban J connectivity index is 2.95. The molecule has 0 saturated carbocycles. The van der Waals surface area contributed by atoms with Crippen LogP contribution in [0.4, 0.5) is 0 Å². The zero-order valence-electron chi connectivity index (χ0n) is 9.17. The summed E-state index contributed by atoms with van der Waals surface area (Å²) in [5.41, 5.74) is 0. The Bertz CT molecular complexity index is 470. The van der Waals surface area contributed by atoms with Crippen molar-refractivity contribution in [3.8, 4) is 0 Å². The molecule has 0 aromatic heterocycles. The third-order valence-corrected chi connectivity index (χ3v) is 3.99. The summed E-state index contributed by atoms with van der Waals surface area (Å²) < 4.78 is 22.7. The third kappa shape index (κ3) is 3.35. The molecule has 1 rings (SSSR count). The molecule has 0 aliphatic heterocycles. The largest absolute Gasteiger partial charge is 0.297 e. The quantitative estimate of drug-likeness (QED) is 0.837. The van der Waals surface area contributed by atoms with E-state index in [1.807, 2.05) is 0 Å². The van der Waals surface area contributed by atoms with Crippen molar-refractivity contribution in [1.29, 1.82) is 0 Å². The fraction of sp³-hybridized carbons (Fsp3) is 0.364. The highest BCUT2D eigenvalue weighted by molar-refractivity contribution is 7.92. The second-order valence-electron chi connectivity index (χ2n) is 4.05. The molecule has 1 aromatic carbocycles. The van der Waals surface area contributed by atoms with Crippen LogP contribution in [-0.4, -0.2) is 24.7 Å². The van der Waals surface area contributed by atoms with E-state index in [2.05, 4.69) is 12.6 Å². The molecule has 0 heterocycles. The molecule has 0 atom stereocenters. The zero-order valence-corrected chi connectivity index (χ0v) is 10.9. The van der Waals surface area contributed by atoms with Gasteiger partial charge in [-0.25, -0.2) is 8.42 Å². The summed E-state index contributed by atoms with van der Waals surface area (Å²) in [5, 5.41) is 0. The topological polar surface area (TPSA) is 51.2 Å². The Labute approximate surface area is 101 Å². The molecule has 0 saturated heterocycles. The van der Waals surface area contributed by atoms with Crippen LogP contribution in [0.5, 0.6) is 0 Å². The van der Waals surface area contributed by atoms with Gasteiger partial charge in [0.25, 0.3) is 0 Å². The van der Waals surface area contributed by atoms with Gasteiger partial charge < -0.3 is 0 Å². The lowest BCUT2D eigenvalue weighted by atomic mass is 10.1. The van der Waals surface area contributed by atoms with Crippen LogP contribution in [0.1, 0.15) is 13.8 Å². The van der Waals surface area contributed by atoms with Crippen molar-refractivity contribution in [1.82, 2.24) is 0 Å². The Kier molecular flexibility index (Phi) is 3.80. The van der Waals surface area contributed by atoms with Crippen molar-refractivity contribution in [3.05, 3.63) is 30.3 Å². The predicted octanol–water partition coefficient (Wildman–Crippen LogP) is 1.74. The molecule has 0 spiro atoms. The Morgan fingerprint density at radius 3 is 2.19 bits per heavy atom. The summed E-state index contributed by atoms with van der Waals surface area (Å²) in [6, 6.07) is 7.94. The van der Waals surface area contributed by atoms with E-state index in [9.17, 15) is 13.2 Å². The van der Waals surface area contributed by atoms with Crippen LogP contribution in [0.25, 0.3) is 0 Å². The second kappa shape index (κ2) is 4.59. The van der Waals surface area contributed by atoms with Crippen molar-refractivity contribution in [2.75, 3.05) is 5.75 Å². The van der Waals surface area contributed by atoms with Crippen molar-refractivity contribution in [2.24, 2.45) is 0 Å². The highest BCUT2D eigenvalue weighted by atomic mass is 32.2. The van der Waals surface area contributed by atoms with E-state index >= 15 is 0 Å². The molecular weight excluding hydrogens is 244 g/mol. The molecule has 3 nitrogen and oxygen atoms in total. The van der Waals surface area contributed by atoms with Gasteiger partial charge in [-0.15, -0.1) is 0 Å². The molecule has 5 heteroatoms. The maximum Gasteiger partial charge on any atom is 0.185 e. The van der Waals surface area contributed by atoms with Gasteiger partial charge in [0.05, 0.1) is 9.64 Å². The average Bonchev–Trinajstić information content (AvgIpc) is 2.17. The highest BCUT2D eigenvalue weighted by Crippen LogP contribution is 2.17. The number of benzene rings is 1. The number of carbonyl (C=O) groups excluding carboxylic acids is 1. The van der Waals surface area contributed by atoms with E-state index in [1.165, 1.54) is 12.1 Å². The number of sulfone groups is 1. The Hall–Kier alpha value is -0.810. The van der Waals surface area contributed by atoms with Gasteiger partial charge in [-0.2, -0.15) is 12.6 Å². The van der Waals surface area contributed by atoms with Crippen LogP contribution in [0.15, 0.2) is 35.2 Å². The van der Waals surface area contributed by atoms with Gasteiger partial charge >= 0.3 is 0 Å². The van der Waals surface area contributed by atoms with Crippen LogP contribution < -0.4 is 0 Å². The standard InChI is InChI=1S/C11H14O3S2/c1-11(2,15)10(12)8-16(13,14)9-6-4-3-5-7-9/h3-7,15H,8H2,1-2H3. The molecule has 1 aromatic rings. The molecular formula is C11H14O3S2. The van der Waals surface area contributed by atoms with Crippen LogP contribution in [-0.2, 0) is 14.6 Å². The van der Waals surface area contributed by atoms with Gasteiger partial charge in [0.1, 0.15) is 5.75 Å². The molecule has 0 bridgehead atoms. The number of carbonyl (C=O) groups is 1. The normalized spacial score (nSPS) is 12.4. The first kappa shape index (κ1) is 13.3. The summed E-state index contributed by atoms with van der Waals surface area (Å²) in [7, 11) is -3.54. The van der Waals surface area contributed by atoms with Crippen LogP contribution in [0.2, 0.25) is 0 Å². The Morgan fingerprint density at radius 1 is 1.25 bits per heavy atom. The Morgan fingerprint density at radius 2 is 1.75 bits per heavy atom. The zero-order chi connectivity index (χ0) is 12.4. The number of hydrogen-bond acceptors (Lipinski definition) is 4. The summed E-state index contributed by atoms with van der Waals surface area (Å²) in [5.74, 6) is -0.910. The SMILES string of the molecule is CC(C)(S)C(=O)CS(=O)(=O)c1ccccc1. The van der Waals surface area contributed by atoms with Crippen molar-refractivity contribution < 1.29 is 13.2 Å². The first-order valence-electron chi connectivity index (χ1n) is 4.77. The first-order valence-corrected chi connectivity index (χ1v) is 6.87. The number of ketones is 1. The van der Waals surface area contributed by atoms with E-state index in [-0.39, 0.29) is 4.90 Å². The number of Topliss-reactive ketones (excluding diaryl/α,β-unsaturated/α-hetero) is 1. The van der Waals surface area contributed by atoms with Gasteiger partial charge in [0, 0.05) is 0 Å². The van der Waals surface area contributed by atoms with E-state index in [4.69, 9.17) is 0 Å². The van der Waals surface area contributed by atoms with E-state index in [0.29, 0.717) is 0 Å². The van der Waals surface area contributed by atoms with Crippen LogP contribution >= 0.6 is 12.6 Å². The summed E-state index contributed by atoms with van der Waals surface area (Å²) >= 11 is 4.06. The number of hydrogen-bond donors (Lipinski definition) is 1. The fourth-order valence-electron chi connectivity index (χ4n) is 1.06. The molecule has 0 fully saturated rings. The molecule has 88 valence electrons. The minimum atomic E-state index is -3.54. The summed E-state index contributed by atoms with van der Waals surface area (Å²) in [6.45, 7) is 3.16. The molecule has 0 amide bonds. The maximum atomic E-state index is 11.8. The van der Waals surface area contributed by atoms with Crippen molar-refractivity contribution >= 4 is 28.2 Å². The summed E-state index contributed by atoms with van der Waals surface area (Å²) in [4.78, 5) is 11.8. The van der Waals surface area contributed by atoms with Crippen LogP contribution in [0.3, 0.4) is 0 Å². The number of thiol groups is 1. The molecule has 0 radical (unpaired) electrons. The van der Waals surface area contributed by atoms with Gasteiger partial charge in [0.2, 0.25) is 0 Å². The van der Waals surface area contributed by atoms with Gasteiger partial charge in [0.15, 0.2) is 15.6 Å². The second-order valence-corrected chi connectivity index (χ2v) is 7.16. The average molecular weight is 258 g/mol. The van der Waals surface area contributed by atoms with Gasteiger partial charge in [-0.3, -0.25) is 4.79 Å². The minimum Gasteiger partial charge on any atom is -0.297 e. The van der Waals surface area contributed by atoms with Crippen molar-refractivity contribution in [3.63, 3.8) is 0 Å². The maximum absolute atomic E-state index is 11.8. The number of rotatable bonds is 4. The molecule has 0 N–H and O–H groups in total. The fourth-order valence-corrected chi connectivity index (χ4v) is 2.69. The molecule has 0 unspecified atom stereocenters.